The van der Waals surface area contributed by atoms with Crippen molar-refractivity contribution in [2.24, 2.45) is 0 Å². The molecule has 11 heavy (non-hydrogen) atoms. The average molecular weight is 146 g/mol. The molecular formula is C6H8BLiO3. The van der Waals surface area contributed by atoms with Gasteiger partial charge in [-0.25, -0.2) is 0 Å². The van der Waals surface area contributed by atoms with E-state index in [1.807, 2.05) is 0 Å². The zero-order valence-electron chi connectivity index (χ0n) is 5.32. The SMILES string of the molecule is OBOc1ccc(O)cc1.[LiH]. The van der Waals surface area contributed by atoms with Gasteiger partial charge in [0.1, 0.15) is 11.5 Å². The minimum absolute atomic E-state index is 0. The van der Waals surface area contributed by atoms with Gasteiger partial charge in [0.15, 0.2) is 0 Å². The van der Waals surface area contributed by atoms with Gasteiger partial charge < -0.3 is 14.8 Å². The standard InChI is InChI=1S/C6H7BO3.Li.H/c8-5-1-3-6(4-2-5)10-7-9;;/h1-4,7-9H;;. The van der Waals surface area contributed by atoms with Crippen LogP contribution in [0.4, 0.5) is 0 Å². The van der Waals surface area contributed by atoms with Gasteiger partial charge in [0.25, 0.3) is 0 Å². The zero-order valence-corrected chi connectivity index (χ0v) is 5.32. The van der Waals surface area contributed by atoms with Crippen LogP contribution < -0.4 is 4.65 Å². The molecular weight excluding hydrogens is 138 g/mol. The molecule has 0 radical (unpaired) electrons. The second-order valence-corrected chi connectivity index (χ2v) is 1.77. The summed E-state index contributed by atoms with van der Waals surface area (Å²) in [5, 5.41) is 17.1. The Balaban J connectivity index is 0.000001000. The monoisotopic (exact) mass is 146 g/mol. The van der Waals surface area contributed by atoms with E-state index in [1.54, 1.807) is 12.1 Å². The van der Waals surface area contributed by atoms with E-state index in [1.165, 1.54) is 12.1 Å². The first-order valence-electron chi connectivity index (χ1n) is 2.85. The molecule has 0 aliphatic carbocycles. The van der Waals surface area contributed by atoms with Crippen LogP contribution in [0.2, 0.25) is 0 Å². The molecule has 0 saturated carbocycles. The zero-order chi connectivity index (χ0) is 7.40. The summed E-state index contributed by atoms with van der Waals surface area (Å²) in [4.78, 5) is 0. The predicted octanol–water partition coefficient (Wildman–Crippen LogP) is -0.619. The van der Waals surface area contributed by atoms with Crippen LogP contribution in [-0.2, 0) is 0 Å². The molecule has 0 amide bonds. The average Bonchev–Trinajstić information content (AvgIpc) is 1.95. The predicted molar refractivity (Wildman–Crippen MR) is 45.3 cm³/mol. The summed E-state index contributed by atoms with van der Waals surface area (Å²) in [5.41, 5.74) is 0. The number of aromatic hydroxyl groups is 1. The summed E-state index contributed by atoms with van der Waals surface area (Å²) < 4.78 is 4.71. The Morgan fingerprint density at radius 2 is 1.73 bits per heavy atom. The van der Waals surface area contributed by atoms with Crippen LogP contribution in [0, 0.1) is 0 Å². The van der Waals surface area contributed by atoms with E-state index in [-0.39, 0.29) is 32.3 Å². The molecule has 54 valence electrons. The van der Waals surface area contributed by atoms with Crippen molar-refractivity contribution in [3.8, 4) is 11.5 Å². The third-order valence-electron chi connectivity index (χ3n) is 1.07. The molecule has 1 rings (SSSR count). The molecule has 0 aliphatic rings. The summed E-state index contributed by atoms with van der Waals surface area (Å²) in [5.74, 6) is 0.727. The van der Waals surface area contributed by atoms with Crippen molar-refractivity contribution in [3.63, 3.8) is 0 Å². The Labute approximate surface area is 77.5 Å². The quantitative estimate of drug-likeness (QED) is 0.546. The van der Waals surface area contributed by atoms with Crippen LogP contribution in [0.5, 0.6) is 11.5 Å². The van der Waals surface area contributed by atoms with Gasteiger partial charge in [0.2, 0.25) is 0 Å². The molecule has 0 spiro atoms. The normalized spacial score (nSPS) is 8.09. The molecule has 0 bridgehead atoms. The van der Waals surface area contributed by atoms with Crippen LogP contribution in [0.25, 0.3) is 0 Å². The third kappa shape index (κ3) is 3.38. The van der Waals surface area contributed by atoms with E-state index in [9.17, 15) is 0 Å². The molecule has 0 heterocycles. The summed E-state index contributed by atoms with van der Waals surface area (Å²) in [7, 11) is -0.342. The fourth-order valence-corrected chi connectivity index (χ4v) is 0.617. The van der Waals surface area contributed by atoms with Crippen LogP contribution in [0.1, 0.15) is 0 Å². The molecule has 5 heteroatoms. The van der Waals surface area contributed by atoms with Crippen LogP contribution in [0.3, 0.4) is 0 Å². The molecule has 2 N–H and O–H groups in total. The molecule has 0 aromatic heterocycles. The Morgan fingerprint density at radius 3 is 2.18 bits per heavy atom. The van der Waals surface area contributed by atoms with Gasteiger partial charge in [-0.1, -0.05) is 0 Å². The van der Waals surface area contributed by atoms with Gasteiger partial charge in [0, 0.05) is 0 Å². The van der Waals surface area contributed by atoms with Gasteiger partial charge in [0.05, 0.1) is 0 Å². The summed E-state index contributed by atoms with van der Waals surface area (Å²) in [6.45, 7) is 0. The fourth-order valence-electron chi connectivity index (χ4n) is 0.617. The summed E-state index contributed by atoms with van der Waals surface area (Å²) in [6.07, 6.45) is 0. The van der Waals surface area contributed by atoms with E-state index in [0.717, 1.165) is 0 Å². The van der Waals surface area contributed by atoms with E-state index in [0.29, 0.717) is 5.75 Å². The minimum atomic E-state index is -0.342. The number of rotatable bonds is 2. The number of phenols is 1. The number of benzene rings is 1. The van der Waals surface area contributed by atoms with Crippen molar-refractivity contribution in [1.82, 2.24) is 0 Å². The fraction of sp³-hybridized carbons (Fsp3) is 0. The molecule has 0 aliphatic heterocycles. The Kier molecular flexibility index (Phi) is 4.88. The summed E-state index contributed by atoms with van der Waals surface area (Å²) in [6, 6.07) is 6.13. The van der Waals surface area contributed by atoms with Gasteiger partial charge in [-0.3, -0.25) is 0 Å². The van der Waals surface area contributed by atoms with Crippen molar-refractivity contribution >= 4 is 26.5 Å². The summed E-state index contributed by atoms with van der Waals surface area (Å²) >= 11 is 0. The van der Waals surface area contributed by atoms with Gasteiger partial charge in [-0.05, 0) is 24.3 Å². The molecule has 1 aromatic rings. The van der Waals surface area contributed by atoms with Crippen molar-refractivity contribution < 1.29 is 14.8 Å². The van der Waals surface area contributed by atoms with Crippen molar-refractivity contribution in [2.45, 2.75) is 0 Å². The number of hydrogen-bond acceptors (Lipinski definition) is 3. The van der Waals surface area contributed by atoms with Gasteiger partial charge >= 0.3 is 26.5 Å². The van der Waals surface area contributed by atoms with Crippen LogP contribution in [0.15, 0.2) is 24.3 Å². The van der Waals surface area contributed by atoms with E-state index in [4.69, 9.17) is 14.8 Å². The number of hydrogen-bond donors (Lipinski definition) is 2. The van der Waals surface area contributed by atoms with Gasteiger partial charge in [-0.2, -0.15) is 0 Å². The van der Waals surface area contributed by atoms with Crippen LogP contribution >= 0.6 is 0 Å². The molecule has 0 unspecified atom stereocenters. The Bertz CT molecular complexity index is 201. The maximum atomic E-state index is 8.81. The van der Waals surface area contributed by atoms with Crippen molar-refractivity contribution in [3.05, 3.63) is 24.3 Å². The molecule has 3 nitrogen and oxygen atoms in total. The first-order chi connectivity index (χ1) is 4.83. The maximum absolute atomic E-state index is 8.81. The van der Waals surface area contributed by atoms with Gasteiger partial charge in [-0.15, -0.1) is 0 Å². The third-order valence-corrected chi connectivity index (χ3v) is 1.07. The van der Waals surface area contributed by atoms with Crippen molar-refractivity contribution in [2.75, 3.05) is 0 Å². The van der Waals surface area contributed by atoms with E-state index in [2.05, 4.69) is 0 Å². The second kappa shape index (κ2) is 5.14. The van der Waals surface area contributed by atoms with E-state index < -0.39 is 0 Å². The second-order valence-electron chi connectivity index (χ2n) is 1.77. The molecule has 0 atom stereocenters. The van der Waals surface area contributed by atoms with Crippen molar-refractivity contribution in [1.29, 1.82) is 0 Å². The Hall–Kier alpha value is -0.558. The first-order valence-corrected chi connectivity index (χ1v) is 2.85. The first kappa shape index (κ1) is 10.4. The van der Waals surface area contributed by atoms with Crippen LogP contribution in [-0.4, -0.2) is 36.7 Å². The number of phenolic OH excluding ortho intramolecular Hbond substituents is 1. The molecule has 1 aromatic carbocycles. The topological polar surface area (TPSA) is 49.7 Å². The Morgan fingerprint density at radius 1 is 1.18 bits per heavy atom. The molecule has 0 fully saturated rings. The molecule has 0 saturated heterocycles. The van der Waals surface area contributed by atoms with E-state index >= 15 is 0 Å².